The highest BCUT2D eigenvalue weighted by Gasteiger charge is 2.20. The standard InChI is InChI=1S/C20H17ClN2O4/c1-11-7-8-14(21)10-16(11)22-18(24)12(2)27-20(26)17-9-13-5-3-4-6-15(13)19(25)23-17/h3-10,12H,1-2H3,(H,22,24)(H,23,25)/t12-/m0/s1. The molecule has 0 spiro atoms. The number of pyridine rings is 1. The molecule has 1 amide bonds. The van der Waals surface area contributed by atoms with Crippen LogP contribution >= 0.6 is 11.6 Å². The molecule has 0 bridgehead atoms. The molecule has 0 radical (unpaired) electrons. The number of aromatic amines is 1. The zero-order valence-electron chi connectivity index (χ0n) is 14.7. The van der Waals surface area contributed by atoms with Crippen LogP contribution in [-0.4, -0.2) is 23.0 Å². The summed E-state index contributed by atoms with van der Waals surface area (Å²) in [5, 5.41) is 4.24. The molecule has 0 aliphatic carbocycles. The molecule has 1 heterocycles. The minimum Gasteiger partial charge on any atom is -0.448 e. The van der Waals surface area contributed by atoms with Crippen LogP contribution < -0.4 is 10.9 Å². The highest BCUT2D eigenvalue weighted by molar-refractivity contribution is 6.31. The molecule has 138 valence electrons. The molecule has 1 atom stereocenters. The second-order valence-corrected chi connectivity index (χ2v) is 6.53. The molecule has 27 heavy (non-hydrogen) atoms. The molecule has 2 N–H and O–H groups in total. The lowest BCUT2D eigenvalue weighted by molar-refractivity contribution is -0.123. The molecule has 0 aliphatic heterocycles. The predicted octanol–water partition coefficient (Wildman–Crippen LogP) is 3.67. The van der Waals surface area contributed by atoms with E-state index in [1.807, 2.05) is 6.92 Å². The minimum atomic E-state index is -1.06. The molecule has 3 rings (SSSR count). The lowest BCUT2D eigenvalue weighted by Gasteiger charge is -2.15. The van der Waals surface area contributed by atoms with Gasteiger partial charge in [0.2, 0.25) is 0 Å². The average Bonchev–Trinajstić information content (AvgIpc) is 2.64. The third kappa shape index (κ3) is 4.17. The van der Waals surface area contributed by atoms with Crippen molar-refractivity contribution in [3.05, 3.63) is 75.2 Å². The van der Waals surface area contributed by atoms with Crippen LogP contribution in [0.4, 0.5) is 5.69 Å². The van der Waals surface area contributed by atoms with Gasteiger partial charge in [-0.1, -0.05) is 35.9 Å². The number of ether oxygens (including phenoxy) is 1. The van der Waals surface area contributed by atoms with Gasteiger partial charge in [-0.3, -0.25) is 9.59 Å². The summed E-state index contributed by atoms with van der Waals surface area (Å²) < 4.78 is 5.19. The summed E-state index contributed by atoms with van der Waals surface area (Å²) >= 11 is 5.94. The summed E-state index contributed by atoms with van der Waals surface area (Å²) in [6.07, 6.45) is -1.06. The minimum absolute atomic E-state index is 0.0164. The van der Waals surface area contributed by atoms with Crippen LogP contribution in [0.15, 0.2) is 53.3 Å². The Bertz CT molecular complexity index is 1090. The Hall–Kier alpha value is -3.12. The van der Waals surface area contributed by atoms with Crippen molar-refractivity contribution in [3.63, 3.8) is 0 Å². The number of aryl methyl sites for hydroxylation is 1. The number of hydrogen-bond donors (Lipinski definition) is 2. The van der Waals surface area contributed by atoms with Crippen molar-refractivity contribution in [1.82, 2.24) is 4.98 Å². The van der Waals surface area contributed by atoms with Crippen LogP contribution in [-0.2, 0) is 9.53 Å². The number of benzene rings is 2. The smallest absolute Gasteiger partial charge is 0.355 e. The van der Waals surface area contributed by atoms with Gasteiger partial charge in [-0.05, 0) is 49.1 Å². The van der Waals surface area contributed by atoms with Gasteiger partial charge in [-0.25, -0.2) is 4.79 Å². The lowest BCUT2D eigenvalue weighted by Crippen LogP contribution is -2.31. The van der Waals surface area contributed by atoms with E-state index in [2.05, 4.69) is 10.3 Å². The van der Waals surface area contributed by atoms with Crippen LogP contribution in [0, 0.1) is 6.92 Å². The molecule has 0 fully saturated rings. The third-order valence-corrected chi connectivity index (χ3v) is 4.32. The van der Waals surface area contributed by atoms with Gasteiger partial charge in [0.25, 0.3) is 11.5 Å². The van der Waals surface area contributed by atoms with Crippen molar-refractivity contribution in [2.45, 2.75) is 20.0 Å². The van der Waals surface area contributed by atoms with Crippen molar-refractivity contribution in [3.8, 4) is 0 Å². The van der Waals surface area contributed by atoms with E-state index in [9.17, 15) is 14.4 Å². The van der Waals surface area contributed by atoms with E-state index in [0.29, 0.717) is 21.5 Å². The van der Waals surface area contributed by atoms with Gasteiger partial charge < -0.3 is 15.0 Å². The average molecular weight is 385 g/mol. The summed E-state index contributed by atoms with van der Waals surface area (Å²) in [7, 11) is 0. The zero-order valence-corrected chi connectivity index (χ0v) is 15.5. The molecule has 2 aromatic carbocycles. The first-order valence-corrected chi connectivity index (χ1v) is 8.63. The summed E-state index contributed by atoms with van der Waals surface area (Å²) in [4.78, 5) is 39.2. The van der Waals surface area contributed by atoms with Gasteiger partial charge in [0.05, 0.1) is 0 Å². The number of esters is 1. The van der Waals surface area contributed by atoms with E-state index in [-0.39, 0.29) is 5.69 Å². The quantitative estimate of drug-likeness (QED) is 0.672. The third-order valence-electron chi connectivity index (χ3n) is 4.08. The molecule has 3 aromatic rings. The Labute approximate surface area is 160 Å². The fourth-order valence-electron chi connectivity index (χ4n) is 2.56. The Morgan fingerprint density at radius 1 is 1.15 bits per heavy atom. The topological polar surface area (TPSA) is 88.3 Å². The van der Waals surface area contributed by atoms with Crippen molar-refractivity contribution in [1.29, 1.82) is 0 Å². The number of carbonyl (C=O) groups excluding carboxylic acids is 2. The van der Waals surface area contributed by atoms with Crippen LogP contribution in [0.5, 0.6) is 0 Å². The number of hydrogen-bond acceptors (Lipinski definition) is 4. The van der Waals surface area contributed by atoms with E-state index in [4.69, 9.17) is 16.3 Å². The van der Waals surface area contributed by atoms with Crippen LogP contribution in [0.25, 0.3) is 10.8 Å². The first kappa shape index (κ1) is 18.7. The molecule has 1 aromatic heterocycles. The first-order valence-electron chi connectivity index (χ1n) is 8.25. The second-order valence-electron chi connectivity index (χ2n) is 6.10. The molecule has 6 nitrogen and oxygen atoms in total. The molecular formula is C20H17ClN2O4. The van der Waals surface area contributed by atoms with Crippen molar-refractivity contribution in [2.75, 3.05) is 5.32 Å². The van der Waals surface area contributed by atoms with Crippen molar-refractivity contribution >= 4 is 39.9 Å². The van der Waals surface area contributed by atoms with Crippen molar-refractivity contribution in [2.24, 2.45) is 0 Å². The molecule has 7 heteroatoms. The number of amides is 1. The van der Waals surface area contributed by atoms with Crippen LogP contribution in [0.1, 0.15) is 23.0 Å². The monoisotopic (exact) mass is 384 g/mol. The number of fused-ring (bicyclic) bond motifs is 1. The number of rotatable bonds is 4. The Balaban J connectivity index is 1.74. The predicted molar refractivity (Wildman–Crippen MR) is 104 cm³/mol. The SMILES string of the molecule is Cc1ccc(Cl)cc1NC(=O)[C@H](C)OC(=O)c1cc2ccccc2c(=O)[nH]1. The molecule has 0 saturated heterocycles. The zero-order chi connectivity index (χ0) is 19.6. The van der Waals surface area contributed by atoms with Crippen LogP contribution in [0.2, 0.25) is 5.02 Å². The Morgan fingerprint density at radius 2 is 1.89 bits per heavy atom. The highest BCUT2D eigenvalue weighted by Crippen LogP contribution is 2.20. The number of anilines is 1. The number of nitrogens with one attached hydrogen (secondary N) is 2. The summed E-state index contributed by atoms with van der Waals surface area (Å²) in [6.45, 7) is 3.27. The summed E-state index contributed by atoms with van der Waals surface area (Å²) in [5.41, 5.74) is 0.948. The fraction of sp³-hybridized carbons (Fsp3) is 0.150. The maximum absolute atomic E-state index is 12.3. The molecular weight excluding hydrogens is 368 g/mol. The van der Waals surface area contributed by atoms with E-state index < -0.39 is 23.5 Å². The summed E-state index contributed by atoms with van der Waals surface area (Å²) in [6, 6.07) is 13.5. The maximum atomic E-state index is 12.3. The normalized spacial score (nSPS) is 11.8. The Morgan fingerprint density at radius 3 is 2.67 bits per heavy atom. The first-order chi connectivity index (χ1) is 12.8. The van der Waals surface area contributed by atoms with Gasteiger partial charge in [0.1, 0.15) is 5.69 Å². The van der Waals surface area contributed by atoms with Gasteiger partial charge >= 0.3 is 5.97 Å². The van der Waals surface area contributed by atoms with Gasteiger partial charge in [-0.2, -0.15) is 0 Å². The number of carbonyl (C=O) groups is 2. The second kappa shape index (κ2) is 7.63. The van der Waals surface area contributed by atoms with E-state index in [1.54, 1.807) is 42.5 Å². The van der Waals surface area contributed by atoms with E-state index >= 15 is 0 Å². The number of halogens is 1. The number of H-pyrrole nitrogens is 1. The molecule has 0 unspecified atom stereocenters. The summed E-state index contributed by atoms with van der Waals surface area (Å²) in [5.74, 6) is -1.29. The number of aromatic nitrogens is 1. The largest absolute Gasteiger partial charge is 0.448 e. The van der Waals surface area contributed by atoms with E-state index in [0.717, 1.165) is 5.56 Å². The fourth-order valence-corrected chi connectivity index (χ4v) is 2.73. The highest BCUT2D eigenvalue weighted by atomic mass is 35.5. The van der Waals surface area contributed by atoms with E-state index in [1.165, 1.54) is 13.0 Å². The lowest BCUT2D eigenvalue weighted by atomic mass is 10.1. The van der Waals surface area contributed by atoms with Crippen LogP contribution in [0.3, 0.4) is 0 Å². The van der Waals surface area contributed by atoms with Crippen molar-refractivity contribution < 1.29 is 14.3 Å². The van der Waals surface area contributed by atoms with Gasteiger partial charge in [0.15, 0.2) is 6.10 Å². The van der Waals surface area contributed by atoms with Gasteiger partial charge in [-0.15, -0.1) is 0 Å². The maximum Gasteiger partial charge on any atom is 0.355 e. The molecule has 0 saturated carbocycles. The van der Waals surface area contributed by atoms with Gasteiger partial charge in [0, 0.05) is 16.1 Å². The Kier molecular flexibility index (Phi) is 5.28. The molecule has 0 aliphatic rings.